The Morgan fingerprint density at radius 2 is 2.62 bits per heavy atom. The predicted octanol–water partition coefficient (Wildman–Crippen LogP) is -0.179. The molecule has 0 amide bonds. The average Bonchev–Trinajstić information content (AvgIpc) is 2.14. The lowest BCUT2D eigenvalue weighted by Gasteiger charge is -2.04. The highest BCUT2D eigenvalue weighted by Crippen LogP contribution is 2.07. The van der Waals surface area contributed by atoms with Gasteiger partial charge in [-0.15, -0.1) is 0 Å². The van der Waals surface area contributed by atoms with E-state index < -0.39 is 0 Å². The third kappa shape index (κ3) is 1.05. The molecule has 1 atom stereocenters. The van der Waals surface area contributed by atoms with Crippen molar-refractivity contribution in [1.29, 1.82) is 0 Å². The van der Waals surface area contributed by atoms with Crippen LogP contribution in [0.3, 0.4) is 0 Å². The molecule has 0 saturated carbocycles. The van der Waals surface area contributed by atoms with Gasteiger partial charge in [0, 0.05) is 13.6 Å². The molecule has 1 unspecified atom stereocenters. The van der Waals surface area contributed by atoms with Crippen LogP contribution in [0.25, 0.3) is 0 Å². The van der Waals surface area contributed by atoms with Gasteiger partial charge in [0.15, 0.2) is 6.29 Å². The highest BCUT2D eigenvalue weighted by molar-refractivity contribution is 5.56. The fraction of sp³-hybridized carbons (Fsp3) is 0.800. The first-order valence-electron chi connectivity index (χ1n) is 2.66. The maximum absolute atomic E-state index is 10.0. The molecule has 3 heteroatoms. The van der Waals surface area contributed by atoms with Crippen LogP contribution >= 0.6 is 0 Å². The van der Waals surface area contributed by atoms with Gasteiger partial charge >= 0.3 is 0 Å². The molecule has 3 nitrogen and oxygen atoms in total. The second-order valence-electron chi connectivity index (χ2n) is 1.92. The molecule has 46 valence electrons. The third-order valence-corrected chi connectivity index (χ3v) is 1.20. The Balaban J connectivity index is 2.32. The maximum atomic E-state index is 10.0. The third-order valence-electron chi connectivity index (χ3n) is 1.20. The zero-order chi connectivity index (χ0) is 5.98. The maximum Gasteiger partial charge on any atom is 0.150 e. The molecular formula is C5H9NO2. The summed E-state index contributed by atoms with van der Waals surface area (Å²) in [4.78, 5) is 15.0. The van der Waals surface area contributed by atoms with E-state index in [0.717, 1.165) is 19.3 Å². The number of carbonyl (C=O) groups excluding carboxylic acids is 1. The zero-order valence-electron chi connectivity index (χ0n) is 4.83. The van der Waals surface area contributed by atoms with Gasteiger partial charge in [0.1, 0.15) is 6.10 Å². The predicted molar refractivity (Wildman–Crippen MR) is 28.2 cm³/mol. The fourth-order valence-corrected chi connectivity index (χ4v) is 0.738. The van der Waals surface area contributed by atoms with Crippen molar-refractivity contribution in [1.82, 2.24) is 5.06 Å². The number of hydrogen-bond acceptors (Lipinski definition) is 3. The molecule has 0 aromatic carbocycles. The SMILES string of the molecule is CN1CCC(C=O)O1. The standard InChI is InChI=1S/C5H9NO2/c1-6-3-2-5(4-7)8-6/h4-5H,2-3H2,1H3. The Labute approximate surface area is 48.2 Å². The van der Waals surface area contributed by atoms with Crippen molar-refractivity contribution in [3.63, 3.8) is 0 Å². The summed E-state index contributed by atoms with van der Waals surface area (Å²) < 4.78 is 0. The van der Waals surface area contributed by atoms with Crippen LogP contribution in [-0.2, 0) is 9.63 Å². The topological polar surface area (TPSA) is 29.5 Å². The van der Waals surface area contributed by atoms with E-state index in [9.17, 15) is 4.79 Å². The molecule has 0 radical (unpaired) electrons. The minimum atomic E-state index is -0.181. The van der Waals surface area contributed by atoms with Gasteiger partial charge in [-0.2, -0.15) is 5.06 Å². The van der Waals surface area contributed by atoms with Gasteiger partial charge in [-0.1, -0.05) is 0 Å². The molecule has 0 aromatic heterocycles. The van der Waals surface area contributed by atoms with Gasteiger partial charge < -0.3 is 4.79 Å². The molecule has 1 aliphatic rings. The summed E-state index contributed by atoms with van der Waals surface area (Å²) in [6.45, 7) is 0.864. The van der Waals surface area contributed by atoms with Crippen LogP contribution in [0, 0.1) is 0 Å². The fourth-order valence-electron chi connectivity index (χ4n) is 0.738. The van der Waals surface area contributed by atoms with Crippen LogP contribution in [0.15, 0.2) is 0 Å². The van der Waals surface area contributed by atoms with Crippen molar-refractivity contribution in [3.8, 4) is 0 Å². The summed E-state index contributed by atoms with van der Waals surface area (Å²) in [6, 6.07) is 0. The van der Waals surface area contributed by atoms with Crippen molar-refractivity contribution < 1.29 is 9.63 Å². The lowest BCUT2D eigenvalue weighted by Crippen LogP contribution is -2.13. The Kier molecular flexibility index (Phi) is 1.60. The van der Waals surface area contributed by atoms with Crippen LogP contribution in [-0.4, -0.2) is 31.0 Å². The molecule has 0 aliphatic carbocycles. The largest absolute Gasteiger partial charge is 0.300 e. The summed E-state index contributed by atoms with van der Waals surface area (Å²) >= 11 is 0. The van der Waals surface area contributed by atoms with Gasteiger partial charge in [0.2, 0.25) is 0 Å². The van der Waals surface area contributed by atoms with Gasteiger partial charge in [0.25, 0.3) is 0 Å². The van der Waals surface area contributed by atoms with E-state index in [1.165, 1.54) is 0 Å². The molecule has 1 aliphatic heterocycles. The Hall–Kier alpha value is -0.410. The van der Waals surface area contributed by atoms with Gasteiger partial charge in [-0.25, -0.2) is 0 Å². The smallest absolute Gasteiger partial charge is 0.150 e. The number of rotatable bonds is 1. The summed E-state index contributed by atoms with van der Waals surface area (Å²) in [5.74, 6) is 0. The lowest BCUT2D eigenvalue weighted by atomic mass is 10.3. The van der Waals surface area contributed by atoms with E-state index in [-0.39, 0.29) is 6.10 Å². The second-order valence-corrected chi connectivity index (χ2v) is 1.92. The molecule has 1 heterocycles. The summed E-state index contributed by atoms with van der Waals surface area (Å²) in [5, 5.41) is 1.68. The van der Waals surface area contributed by atoms with Crippen LogP contribution < -0.4 is 0 Å². The van der Waals surface area contributed by atoms with Crippen molar-refractivity contribution in [2.75, 3.05) is 13.6 Å². The zero-order valence-corrected chi connectivity index (χ0v) is 4.83. The molecule has 8 heavy (non-hydrogen) atoms. The van der Waals surface area contributed by atoms with E-state index >= 15 is 0 Å². The van der Waals surface area contributed by atoms with E-state index in [1.807, 2.05) is 7.05 Å². The van der Waals surface area contributed by atoms with E-state index in [0.29, 0.717) is 0 Å². The number of hydroxylamine groups is 2. The first-order valence-corrected chi connectivity index (χ1v) is 2.66. The minimum absolute atomic E-state index is 0.181. The molecule has 0 bridgehead atoms. The average molecular weight is 115 g/mol. The number of nitrogens with zero attached hydrogens (tertiary/aromatic N) is 1. The molecule has 0 spiro atoms. The summed E-state index contributed by atoms with van der Waals surface area (Å²) in [5.41, 5.74) is 0. The normalized spacial score (nSPS) is 30.9. The molecule has 1 fully saturated rings. The van der Waals surface area contributed by atoms with Crippen molar-refractivity contribution in [2.45, 2.75) is 12.5 Å². The minimum Gasteiger partial charge on any atom is -0.300 e. The monoisotopic (exact) mass is 115 g/mol. The molecular weight excluding hydrogens is 106 g/mol. The van der Waals surface area contributed by atoms with Crippen LogP contribution in [0.4, 0.5) is 0 Å². The van der Waals surface area contributed by atoms with Crippen molar-refractivity contribution in [3.05, 3.63) is 0 Å². The molecule has 0 N–H and O–H groups in total. The van der Waals surface area contributed by atoms with E-state index in [2.05, 4.69) is 0 Å². The van der Waals surface area contributed by atoms with Crippen LogP contribution in [0.5, 0.6) is 0 Å². The summed E-state index contributed by atoms with van der Waals surface area (Å²) in [6.07, 6.45) is 1.49. The first-order chi connectivity index (χ1) is 3.83. The Morgan fingerprint density at radius 3 is 2.88 bits per heavy atom. The Bertz CT molecular complexity index is 94.4. The Morgan fingerprint density at radius 1 is 1.88 bits per heavy atom. The molecule has 0 aromatic rings. The second kappa shape index (κ2) is 2.24. The van der Waals surface area contributed by atoms with Crippen LogP contribution in [0.2, 0.25) is 0 Å². The van der Waals surface area contributed by atoms with Gasteiger partial charge in [-0.05, 0) is 6.42 Å². The summed E-state index contributed by atoms with van der Waals surface area (Å²) in [7, 11) is 1.82. The lowest BCUT2D eigenvalue weighted by molar-refractivity contribution is -0.144. The van der Waals surface area contributed by atoms with E-state index in [1.54, 1.807) is 5.06 Å². The van der Waals surface area contributed by atoms with Crippen molar-refractivity contribution in [2.24, 2.45) is 0 Å². The van der Waals surface area contributed by atoms with Crippen molar-refractivity contribution >= 4 is 6.29 Å². The van der Waals surface area contributed by atoms with E-state index in [4.69, 9.17) is 4.84 Å². The van der Waals surface area contributed by atoms with Crippen LogP contribution in [0.1, 0.15) is 6.42 Å². The number of hydrogen-bond donors (Lipinski definition) is 0. The first kappa shape index (κ1) is 5.72. The highest BCUT2D eigenvalue weighted by atomic mass is 16.7. The van der Waals surface area contributed by atoms with Gasteiger partial charge in [0.05, 0.1) is 0 Å². The number of carbonyl (C=O) groups is 1. The molecule has 1 rings (SSSR count). The number of aldehydes is 1. The quantitative estimate of drug-likeness (QED) is 0.444. The molecule has 1 saturated heterocycles. The highest BCUT2D eigenvalue weighted by Gasteiger charge is 2.18. The van der Waals surface area contributed by atoms with Gasteiger partial charge in [-0.3, -0.25) is 4.84 Å².